The zero-order valence-corrected chi connectivity index (χ0v) is 8.56. The molecule has 1 rings (SSSR count). The van der Waals surface area contributed by atoms with Crippen molar-refractivity contribution in [3.8, 4) is 11.8 Å². The normalized spacial score (nSPS) is 11.4. The molecule has 1 aromatic rings. The van der Waals surface area contributed by atoms with E-state index in [4.69, 9.17) is 0 Å². The van der Waals surface area contributed by atoms with Crippen LogP contribution in [0.4, 0.5) is 17.6 Å². The van der Waals surface area contributed by atoms with Crippen LogP contribution in [0.25, 0.3) is 0 Å². The Morgan fingerprint density at radius 2 is 2.00 bits per heavy atom. The highest BCUT2D eigenvalue weighted by Crippen LogP contribution is 2.29. The molecule has 0 aliphatic heterocycles. The van der Waals surface area contributed by atoms with Gasteiger partial charge in [-0.1, -0.05) is 0 Å². The molecule has 0 amide bonds. The number of ether oxygens (including phenoxy) is 2. The number of pyridine rings is 1. The van der Waals surface area contributed by atoms with E-state index >= 15 is 0 Å². The third-order valence-corrected chi connectivity index (χ3v) is 1.84. The van der Waals surface area contributed by atoms with Crippen LogP contribution in [0, 0.1) is 6.92 Å². The molecular weight excluding hydrogens is 230 g/mol. The highest BCUT2D eigenvalue weighted by atomic mass is 19.4. The maximum atomic E-state index is 12.5. The summed E-state index contributed by atoms with van der Waals surface area (Å²) in [5, 5.41) is 0. The highest BCUT2D eigenvalue weighted by Gasteiger charge is 2.33. The summed E-state index contributed by atoms with van der Waals surface area (Å²) in [4.78, 5) is 3.40. The first-order valence-corrected chi connectivity index (χ1v) is 4.23. The second-order valence-corrected chi connectivity index (χ2v) is 2.95. The van der Waals surface area contributed by atoms with Gasteiger partial charge >= 0.3 is 6.36 Å². The second-order valence-electron chi connectivity index (χ2n) is 2.95. The molecule has 0 bridgehead atoms. The lowest BCUT2D eigenvalue weighted by atomic mass is 10.1. The lowest BCUT2D eigenvalue weighted by Crippen LogP contribution is -2.19. The minimum atomic E-state index is -4.91. The topological polar surface area (TPSA) is 31.4 Å². The molecule has 0 radical (unpaired) electrons. The Hall–Kier alpha value is -1.53. The van der Waals surface area contributed by atoms with Gasteiger partial charge in [-0.25, -0.2) is 4.39 Å². The lowest BCUT2D eigenvalue weighted by molar-refractivity contribution is -0.276. The Kier molecular flexibility index (Phi) is 3.56. The van der Waals surface area contributed by atoms with E-state index in [0.717, 1.165) is 0 Å². The zero-order valence-electron chi connectivity index (χ0n) is 8.56. The van der Waals surface area contributed by atoms with E-state index in [0.29, 0.717) is 0 Å². The Morgan fingerprint density at radius 1 is 1.38 bits per heavy atom. The third-order valence-electron chi connectivity index (χ3n) is 1.84. The van der Waals surface area contributed by atoms with Crippen molar-refractivity contribution in [2.24, 2.45) is 0 Å². The SMILES string of the molecule is COc1cc(C)c(CF)c(OC(F)(F)F)n1. The number of aromatic nitrogens is 1. The van der Waals surface area contributed by atoms with Crippen molar-refractivity contribution in [2.75, 3.05) is 7.11 Å². The molecule has 7 heteroatoms. The number of rotatable bonds is 3. The molecule has 0 atom stereocenters. The standard InChI is InChI=1S/C9H9F4NO2/c1-5-3-7(15-2)14-8(6(5)4-10)16-9(11,12)13/h3H,4H2,1-2H3. The van der Waals surface area contributed by atoms with Crippen molar-refractivity contribution in [3.05, 3.63) is 17.2 Å². The van der Waals surface area contributed by atoms with E-state index in [9.17, 15) is 17.6 Å². The minimum Gasteiger partial charge on any atom is -0.481 e. The largest absolute Gasteiger partial charge is 0.574 e. The number of methoxy groups -OCH3 is 1. The van der Waals surface area contributed by atoms with Crippen LogP contribution < -0.4 is 9.47 Å². The number of alkyl halides is 4. The van der Waals surface area contributed by atoms with Gasteiger partial charge in [0.25, 0.3) is 0 Å². The molecular formula is C9H9F4NO2. The first kappa shape index (κ1) is 12.5. The summed E-state index contributed by atoms with van der Waals surface area (Å²) in [5.74, 6) is -0.874. The van der Waals surface area contributed by atoms with Gasteiger partial charge < -0.3 is 9.47 Å². The van der Waals surface area contributed by atoms with E-state index in [1.807, 2.05) is 0 Å². The summed E-state index contributed by atoms with van der Waals surface area (Å²) in [5.41, 5.74) is 0.0479. The van der Waals surface area contributed by atoms with Gasteiger partial charge in [0, 0.05) is 11.6 Å². The predicted octanol–water partition coefficient (Wildman–Crippen LogP) is 2.77. The van der Waals surface area contributed by atoms with Crippen molar-refractivity contribution in [2.45, 2.75) is 20.0 Å². The molecule has 0 aliphatic carbocycles. The van der Waals surface area contributed by atoms with Crippen LogP contribution in [0.1, 0.15) is 11.1 Å². The summed E-state index contributed by atoms with van der Waals surface area (Å²) < 4.78 is 56.8. The van der Waals surface area contributed by atoms with Gasteiger partial charge in [-0.05, 0) is 12.5 Å². The van der Waals surface area contributed by atoms with Crippen LogP contribution in [0.15, 0.2) is 6.07 Å². The summed E-state index contributed by atoms with van der Waals surface area (Å²) in [6.07, 6.45) is -4.91. The lowest BCUT2D eigenvalue weighted by Gasteiger charge is -2.13. The summed E-state index contributed by atoms with van der Waals surface area (Å²) in [7, 11) is 1.24. The molecule has 0 N–H and O–H groups in total. The molecule has 16 heavy (non-hydrogen) atoms. The Balaban J connectivity index is 3.18. The summed E-state index contributed by atoms with van der Waals surface area (Å²) in [6, 6.07) is 1.33. The molecule has 1 heterocycles. The van der Waals surface area contributed by atoms with Gasteiger partial charge in [-0.2, -0.15) is 4.98 Å². The fourth-order valence-corrected chi connectivity index (χ4v) is 1.10. The van der Waals surface area contributed by atoms with Gasteiger partial charge in [0.1, 0.15) is 6.67 Å². The Morgan fingerprint density at radius 3 is 2.44 bits per heavy atom. The van der Waals surface area contributed by atoms with Crippen molar-refractivity contribution in [1.82, 2.24) is 4.98 Å². The Labute approximate surface area is 89.0 Å². The van der Waals surface area contributed by atoms with E-state index in [-0.39, 0.29) is 17.0 Å². The van der Waals surface area contributed by atoms with E-state index < -0.39 is 18.9 Å². The first-order valence-electron chi connectivity index (χ1n) is 4.23. The molecule has 3 nitrogen and oxygen atoms in total. The van der Waals surface area contributed by atoms with Gasteiger partial charge in [-0.15, -0.1) is 13.2 Å². The average molecular weight is 239 g/mol. The number of hydrogen-bond donors (Lipinski definition) is 0. The molecule has 0 spiro atoms. The quantitative estimate of drug-likeness (QED) is 0.760. The number of halogens is 4. The van der Waals surface area contributed by atoms with Crippen LogP contribution in [0.3, 0.4) is 0 Å². The minimum absolute atomic E-state index is 0.0612. The van der Waals surface area contributed by atoms with E-state index in [1.165, 1.54) is 20.1 Å². The average Bonchev–Trinajstić information content (AvgIpc) is 2.14. The molecule has 0 saturated carbocycles. The maximum absolute atomic E-state index is 12.5. The van der Waals surface area contributed by atoms with Crippen molar-refractivity contribution < 1.29 is 27.0 Å². The predicted molar refractivity (Wildman–Crippen MR) is 47.0 cm³/mol. The van der Waals surface area contributed by atoms with Gasteiger partial charge in [0.15, 0.2) is 0 Å². The molecule has 1 aromatic heterocycles. The van der Waals surface area contributed by atoms with Gasteiger partial charge in [-0.3, -0.25) is 0 Å². The first-order chi connectivity index (χ1) is 7.37. The number of aryl methyl sites for hydroxylation is 1. The maximum Gasteiger partial charge on any atom is 0.574 e. The van der Waals surface area contributed by atoms with Gasteiger partial charge in [0.05, 0.1) is 7.11 Å². The van der Waals surface area contributed by atoms with Crippen molar-refractivity contribution in [3.63, 3.8) is 0 Å². The molecule has 0 fully saturated rings. The highest BCUT2D eigenvalue weighted by molar-refractivity contribution is 5.37. The van der Waals surface area contributed by atoms with E-state index in [2.05, 4.69) is 14.5 Å². The van der Waals surface area contributed by atoms with Crippen LogP contribution in [-0.4, -0.2) is 18.5 Å². The number of hydrogen-bond acceptors (Lipinski definition) is 3. The van der Waals surface area contributed by atoms with Crippen LogP contribution >= 0.6 is 0 Å². The Bertz CT molecular complexity index is 379. The van der Waals surface area contributed by atoms with Crippen LogP contribution in [0.2, 0.25) is 0 Å². The monoisotopic (exact) mass is 239 g/mol. The molecule has 0 unspecified atom stereocenters. The third kappa shape index (κ3) is 2.98. The van der Waals surface area contributed by atoms with E-state index in [1.54, 1.807) is 0 Å². The summed E-state index contributed by atoms with van der Waals surface area (Å²) >= 11 is 0. The second kappa shape index (κ2) is 4.54. The van der Waals surface area contributed by atoms with Crippen LogP contribution in [0.5, 0.6) is 11.8 Å². The molecule has 0 aliphatic rings. The molecule has 0 aromatic carbocycles. The van der Waals surface area contributed by atoms with Crippen LogP contribution in [-0.2, 0) is 6.67 Å². The van der Waals surface area contributed by atoms with Gasteiger partial charge in [0.2, 0.25) is 11.8 Å². The molecule has 90 valence electrons. The van der Waals surface area contributed by atoms with Crippen molar-refractivity contribution >= 4 is 0 Å². The zero-order chi connectivity index (χ0) is 12.3. The summed E-state index contributed by atoms with van der Waals surface area (Å²) in [6.45, 7) is 0.358. The smallest absolute Gasteiger partial charge is 0.481 e. The van der Waals surface area contributed by atoms with Crippen molar-refractivity contribution in [1.29, 1.82) is 0 Å². The fraction of sp³-hybridized carbons (Fsp3) is 0.444. The number of nitrogens with zero attached hydrogens (tertiary/aromatic N) is 1. The fourth-order valence-electron chi connectivity index (χ4n) is 1.10. The molecule has 0 saturated heterocycles.